The zero-order chi connectivity index (χ0) is 20.3. The van der Waals surface area contributed by atoms with Crippen molar-refractivity contribution in [1.29, 1.82) is 0 Å². The Morgan fingerprint density at radius 2 is 1.70 bits per heavy atom. The fourth-order valence-corrected chi connectivity index (χ4v) is 7.15. The second-order valence-corrected chi connectivity index (χ2v) is 12.2. The molecule has 0 bridgehead atoms. The normalized spacial score (nSPS) is 13.2. The zero-order valence-electron chi connectivity index (χ0n) is 18.5. The molecule has 0 atom stereocenters. The first-order valence-corrected chi connectivity index (χ1v) is 13.5. The number of hydrogen-bond donors (Lipinski definition) is 1. The van der Waals surface area contributed by atoms with Crippen molar-refractivity contribution in [3.8, 4) is 0 Å². The molecule has 1 heterocycles. The van der Waals surface area contributed by atoms with E-state index in [1.807, 2.05) is 18.2 Å². The van der Waals surface area contributed by atoms with E-state index in [1.165, 1.54) is 23.7 Å². The largest absolute Gasteiger partial charge is 0.411 e. The van der Waals surface area contributed by atoms with Crippen LogP contribution in [-0.4, -0.2) is 24.0 Å². The molecule has 0 amide bonds. The molecule has 0 aliphatic carbocycles. The van der Waals surface area contributed by atoms with Gasteiger partial charge in [-0.1, -0.05) is 53.7 Å². The predicted octanol–water partition coefficient (Wildman–Crippen LogP) is 6.73. The lowest BCUT2D eigenvalue weighted by atomic mass is 9.91. The summed E-state index contributed by atoms with van der Waals surface area (Å²) >= 11 is 0. The molecule has 1 N–H and O–H groups in total. The van der Waals surface area contributed by atoms with Crippen LogP contribution < -0.4 is 0 Å². The number of aliphatic hydroxyl groups excluding tert-OH is 1. The van der Waals surface area contributed by atoms with E-state index in [9.17, 15) is 5.11 Å². The summed E-state index contributed by atoms with van der Waals surface area (Å²) in [7, 11) is -1.62. The Morgan fingerprint density at radius 3 is 2.19 bits per heavy atom. The summed E-state index contributed by atoms with van der Waals surface area (Å²) in [4.78, 5) is 4.57. The molecule has 1 aromatic heterocycles. The van der Waals surface area contributed by atoms with Crippen LogP contribution in [0.4, 0.5) is 0 Å². The summed E-state index contributed by atoms with van der Waals surface area (Å²) < 4.78 is 6.99. The lowest BCUT2D eigenvalue weighted by Crippen LogP contribution is -2.46. The van der Waals surface area contributed by atoms with Crippen LogP contribution in [0, 0.1) is 0 Å². The highest BCUT2D eigenvalue weighted by molar-refractivity contribution is 6.73. The summed E-state index contributed by atoms with van der Waals surface area (Å²) in [6.45, 7) is 13.6. The maximum atomic E-state index is 9.35. The highest BCUT2D eigenvalue weighted by atomic mass is 28.4. The summed E-state index contributed by atoms with van der Waals surface area (Å²) in [5, 5.41) is 9.35. The smallest absolute Gasteiger partial charge is 0.192 e. The Labute approximate surface area is 168 Å². The van der Waals surface area contributed by atoms with Gasteiger partial charge in [-0.05, 0) is 67.9 Å². The van der Waals surface area contributed by atoms with E-state index in [0.717, 1.165) is 43.5 Å². The average molecular weight is 392 g/mol. The highest BCUT2D eigenvalue weighted by Crippen LogP contribution is 2.35. The molecule has 4 heteroatoms. The molecule has 0 spiro atoms. The van der Waals surface area contributed by atoms with E-state index >= 15 is 0 Å². The number of allylic oxidation sites excluding steroid dienone is 2. The van der Waals surface area contributed by atoms with Crippen LogP contribution in [0.25, 0.3) is 5.57 Å². The van der Waals surface area contributed by atoms with E-state index < -0.39 is 8.32 Å². The minimum Gasteiger partial charge on any atom is -0.411 e. The molecule has 0 saturated heterocycles. The van der Waals surface area contributed by atoms with Gasteiger partial charge in [-0.25, -0.2) is 0 Å². The van der Waals surface area contributed by atoms with Gasteiger partial charge in [-0.15, -0.1) is 0 Å². The van der Waals surface area contributed by atoms with Gasteiger partial charge in [0.25, 0.3) is 0 Å². The summed E-state index contributed by atoms with van der Waals surface area (Å²) in [5.41, 5.74) is 2.99. The van der Waals surface area contributed by atoms with Gasteiger partial charge in [-0.3, -0.25) is 4.98 Å². The van der Waals surface area contributed by atoms with E-state index in [2.05, 4.69) is 52.6 Å². The Balaban J connectivity index is 2.95. The molecule has 0 aromatic carbocycles. The molecule has 154 valence electrons. The number of nitrogens with zero attached hydrogens (tertiary/aromatic N) is 1. The minimum atomic E-state index is -1.62. The van der Waals surface area contributed by atoms with E-state index in [0.29, 0.717) is 0 Å². The predicted molar refractivity (Wildman–Crippen MR) is 119 cm³/mol. The molecule has 1 rings (SSSR count). The third kappa shape index (κ3) is 6.55. The molecule has 3 nitrogen and oxygen atoms in total. The molecule has 0 saturated carbocycles. The molecular formula is C23H41NO2Si. The van der Waals surface area contributed by atoms with Crippen LogP contribution in [0.5, 0.6) is 0 Å². The van der Waals surface area contributed by atoms with Crippen LogP contribution in [0.1, 0.15) is 85.0 Å². The van der Waals surface area contributed by atoms with Gasteiger partial charge in [-0.2, -0.15) is 0 Å². The van der Waals surface area contributed by atoms with Crippen LogP contribution in [-0.2, 0) is 11.0 Å². The molecule has 0 fully saturated rings. The molecular weight excluding hydrogens is 350 g/mol. The van der Waals surface area contributed by atoms with Crippen molar-refractivity contribution in [3.63, 3.8) is 0 Å². The van der Waals surface area contributed by atoms with Crippen molar-refractivity contribution in [1.82, 2.24) is 4.98 Å². The van der Waals surface area contributed by atoms with Crippen molar-refractivity contribution < 1.29 is 9.53 Å². The van der Waals surface area contributed by atoms with E-state index in [-0.39, 0.29) is 12.2 Å². The molecule has 27 heavy (non-hydrogen) atoms. The Hall–Kier alpha value is -0.973. The molecule has 0 unspecified atom stereocenters. The lowest BCUT2D eigenvalue weighted by Gasteiger charge is -2.42. The first kappa shape index (κ1) is 24.1. The molecule has 0 radical (unpaired) electrons. The van der Waals surface area contributed by atoms with Crippen molar-refractivity contribution in [3.05, 3.63) is 35.7 Å². The maximum Gasteiger partial charge on any atom is 0.192 e. The number of aliphatic hydroxyl groups is 1. The van der Waals surface area contributed by atoms with Crippen LogP contribution >= 0.6 is 0 Å². The monoisotopic (exact) mass is 391 g/mol. The van der Waals surface area contributed by atoms with Gasteiger partial charge < -0.3 is 9.53 Å². The van der Waals surface area contributed by atoms with Crippen molar-refractivity contribution in [2.24, 2.45) is 0 Å². The zero-order valence-corrected chi connectivity index (χ0v) is 19.5. The van der Waals surface area contributed by atoms with Gasteiger partial charge >= 0.3 is 0 Å². The first-order chi connectivity index (χ1) is 13.0. The molecule has 0 aliphatic rings. The Kier molecular flexibility index (Phi) is 10.5. The lowest BCUT2D eigenvalue weighted by molar-refractivity contribution is 0.0397. The van der Waals surface area contributed by atoms with Crippen LogP contribution in [0.2, 0.25) is 18.1 Å². The summed E-state index contributed by atoms with van der Waals surface area (Å²) in [6, 6.07) is 9.50. The van der Waals surface area contributed by atoms with Gasteiger partial charge in [0.15, 0.2) is 8.32 Å². The maximum absolute atomic E-state index is 9.35. The SMILES string of the molecule is CCC(=CCCC(CC)(CC)O[Si](CC)(CC)CC)c1cccc(CO)n1. The number of pyridine rings is 1. The van der Waals surface area contributed by atoms with Crippen molar-refractivity contribution >= 4 is 13.9 Å². The quantitative estimate of drug-likeness (QED) is 0.379. The third-order valence-corrected chi connectivity index (χ3v) is 11.1. The van der Waals surface area contributed by atoms with Gasteiger partial charge in [0.2, 0.25) is 0 Å². The number of hydrogen-bond acceptors (Lipinski definition) is 3. The molecule has 0 aliphatic heterocycles. The summed E-state index contributed by atoms with van der Waals surface area (Å²) in [5.74, 6) is 0. The number of aromatic nitrogens is 1. The Morgan fingerprint density at radius 1 is 1.07 bits per heavy atom. The van der Waals surface area contributed by atoms with Crippen molar-refractivity contribution in [2.75, 3.05) is 0 Å². The van der Waals surface area contributed by atoms with Crippen LogP contribution in [0.15, 0.2) is 24.3 Å². The van der Waals surface area contributed by atoms with Crippen molar-refractivity contribution in [2.45, 2.75) is 104 Å². The topological polar surface area (TPSA) is 42.4 Å². The number of rotatable bonds is 13. The van der Waals surface area contributed by atoms with E-state index in [1.54, 1.807) is 0 Å². The second kappa shape index (κ2) is 11.8. The fourth-order valence-electron chi connectivity index (χ4n) is 3.91. The van der Waals surface area contributed by atoms with Gasteiger partial charge in [0, 0.05) is 0 Å². The molecule has 1 aromatic rings. The second-order valence-electron chi connectivity index (χ2n) is 7.53. The summed E-state index contributed by atoms with van der Waals surface area (Å²) in [6.07, 6.45) is 7.51. The van der Waals surface area contributed by atoms with Gasteiger partial charge in [0.1, 0.15) is 0 Å². The highest BCUT2D eigenvalue weighted by Gasteiger charge is 2.38. The first-order valence-electron chi connectivity index (χ1n) is 10.9. The standard InChI is InChI=1S/C23H41NO2Si/c1-7-20(22-17-13-16-21(19-25)24-22)15-14-18-23(8-2,9-3)26-27(10-4,11-5)12-6/h13,15-17,25H,7-12,14,18-19H2,1-6H3. The Bertz CT molecular complexity index is 569. The average Bonchev–Trinajstić information content (AvgIpc) is 2.74. The van der Waals surface area contributed by atoms with Gasteiger partial charge in [0.05, 0.1) is 23.6 Å². The minimum absolute atomic E-state index is 0.00395. The third-order valence-electron chi connectivity index (χ3n) is 6.32. The van der Waals surface area contributed by atoms with E-state index in [4.69, 9.17) is 4.43 Å². The fraction of sp³-hybridized carbons (Fsp3) is 0.696. The van der Waals surface area contributed by atoms with Crippen LogP contribution in [0.3, 0.4) is 0 Å².